The third kappa shape index (κ3) is 2.27. The van der Waals surface area contributed by atoms with Crippen LogP contribution in [-0.4, -0.2) is 43.6 Å². The van der Waals surface area contributed by atoms with Crippen LogP contribution in [0.5, 0.6) is 0 Å². The smallest absolute Gasteiger partial charge is 0.0986 e. The number of rotatable bonds is 2. The molecular weight excluding hydrogens is 212 g/mol. The van der Waals surface area contributed by atoms with E-state index in [4.69, 9.17) is 9.73 Å². The first-order valence-corrected chi connectivity index (χ1v) is 7.04. The Balaban J connectivity index is 1.68. The van der Waals surface area contributed by atoms with Crippen LogP contribution >= 0.6 is 0 Å². The van der Waals surface area contributed by atoms with Gasteiger partial charge in [-0.3, -0.25) is 9.89 Å². The Labute approximate surface area is 104 Å². The molecule has 0 aromatic carbocycles. The number of nitrogens with zero attached hydrogens (tertiary/aromatic N) is 2. The van der Waals surface area contributed by atoms with Gasteiger partial charge in [-0.25, -0.2) is 0 Å². The maximum Gasteiger partial charge on any atom is 0.0986 e. The summed E-state index contributed by atoms with van der Waals surface area (Å²) in [5, 5.41) is 0. The summed E-state index contributed by atoms with van der Waals surface area (Å²) < 4.78 is 5.26. The van der Waals surface area contributed by atoms with Gasteiger partial charge in [0.05, 0.1) is 6.73 Å². The number of aliphatic imine (C=N–C) groups is 1. The lowest BCUT2D eigenvalue weighted by atomic mass is 9.71. The monoisotopic (exact) mass is 236 g/mol. The topological polar surface area (TPSA) is 24.8 Å². The summed E-state index contributed by atoms with van der Waals surface area (Å²) in [6.45, 7) is 5.54. The number of hydrogen-bond donors (Lipinski definition) is 0. The molecule has 96 valence electrons. The molecule has 0 bridgehead atoms. The van der Waals surface area contributed by atoms with Crippen molar-refractivity contribution < 1.29 is 4.74 Å². The second-order valence-electron chi connectivity index (χ2n) is 6.16. The van der Waals surface area contributed by atoms with E-state index in [0.717, 1.165) is 24.5 Å². The molecule has 2 fully saturated rings. The van der Waals surface area contributed by atoms with Crippen molar-refractivity contribution >= 4 is 5.71 Å². The molecule has 0 aromatic heterocycles. The van der Waals surface area contributed by atoms with Gasteiger partial charge in [0.15, 0.2) is 0 Å². The fraction of sp³-hybridized carbons (Fsp3) is 0.929. The number of fused-ring (bicyclic) bond motifs is 2. The lowest BCUT2D eigenvalue weighted by Gasteiger charge is -2.36. The first-order chi connectivity index (χ1) is 8.26. The van der Waals surface area contributed by atoms with Gasteiger partial charge >= 0.3 is 0 Å². The highest BCUT2D eigenvalue weighted by Gasteiger charge is 2.41. The normalized spacial score (nSPS) is 41.9. The Morgan fingerprint density at radius 3 is 2.94 bits per heavy atom. The van der Waals surface area contributed by atoms with E-state index in [-0.39, 0.29) is 0 Å². The van der Waals surface area contributed by atoms with E-state index in [2.05, 4.69) is 11.8 Å². The minimum absolute atomic E-state index is 0.578. The summed E-state index contributed by atoms with van der Waals surface area (Å²) in [4.78, 5) is 7.37. The van der Waals surface area contributed by atoms with Crippen LogP contribution in [0, 0.1) is 17.8 Å². The van der Waals surface area contributed by atoms with Gasteiger partial charge < -0.3 is 4.74 Å². The highest BCUT2D eigenvalue weighted by Crippen LogP contribution is 2.41. The number of ether oxygens (including phenoxy) is 1. The molecule has 0 amide bonds. The second-order valence-corrected chi connectivity index (χ2v) is 6.16. The first kappa shape index (κ1) is 11.7. The number of hydrogen-bond acceptors (Lipinski definition) is 3. The molecule has 17 heavy (non-hydrogen) atoms. The Bertz CT molecular complexity index is 315. The van der Waals surface area contributed by atoms with E-state index in [0.29, 0.717) is 6.04 Å². The predicted molar refractivity (Wildman–Crippen MR) is 69.3 cm³/mol. The molecule has 2 aliphatic heterocycles. The summed E-state index contributed by atoms with van der Waals surface area (Å²) in [5.41, 5.74) is 1.55. The molecule has 4 atom stereocenters. The van der Waals surface area contributed by atoms with Gasteiger partial charge in [0, 0.05) is 32.0 Å². The van der Waals surface area contributed by atoms with Gasteiger partial charge in [-0.1, -0.05) is 0 Å². The van der Waals surface area contributed by atoms with Crippen molar-refractivity contribution in [1.29, 1.82) is 0 Å². The molecule has 4 unspecified atom stereocenters. The van der Waals surface area contributed by atoms with Crippen LogP contribution in [0.25, 0.3) is 0 Å². The van der Waals surface area contributed by atoms with Gasteiger partial charge in [-0.05, 0) is 50.4 Å². The zero-order chi connectivity index (χ0) is 11.8. The zero-order valence-electron chi connectivity index (χ0n) is 11.1. The predicted octanol–water partition coefficient (Wildman–Crippen LogP) is 2.17. The minimum Gasteiger partial charge on any atom is -0.369 e. The Morgan fingerprint density at radius 2 is 2.12 bits per heavy atom. The molecular formula is C14H24N2O. The highest BCUT2D eigenvalue weighted by molar-refractivity contribution is 5.88. The van der Waals surface area contributed by atoms with Crippen molar-refractivity contribution in [2.45, 2.75) is 38.6 Å². The average Bonchev–Trinajstić information content (AvgIpc) is 2.67. The second kappa shape index (κ2) is 4.69. The van der Waals surface area contributed by atoms with Crippen molar-refractivity contribution in [1.82, 2.24) is 4.90 Å². The molecule has 1 aliphatic carbocycles. The quantitative estimate of drug-likeness (QED) is 0.734. The lowest BCUT2D eigenvalue weighted by molar-refractivity contribution is 0.0763. The average molecular weight is 236 g/mol. The molecule has 3 aliphatic rings. The van der Waals surface area contributed by atoms with Crippen molar-refractivity contribution in [2.75, 3.05) is 26.9 Å². The van der Waals surface area contributed by atoms with E-state index in [9.17, 15) is 0 Å². The Morgan fingerprint density at radius 1 is 1.29 bits per heavy atom. The molecule has 3 nitrogen and oxygen atoms in total. The SMILES string of the molecule is COCN1CC2CC3=NC(C)CCC3CC2C1. The van der Waals surface area contributed by atoms with Crippen LogP contribution in [0.4, 0.5) is 0 Å². The van der Waals surface area contributed by atoms with E-state index < -0.39 is 0 Å². The molecule has 1 saturated heterocycles. The molecule has 0 aromatic rings. The van der Waals surface area contributed by atoms with Crippen molar-refractivity contribution in [3.63, 3.8) is 0 Å². The zero-order valence-corrected chi connectivity index (χ0v) is 11.1. The standard InChI is InChI=1S/C14H24N2O/c1-10-3-4-11-5-12-7-16(9-17-2)8-13(12)6-14(11)15-10/h10-13H,3-9H2,1-2H3. The van der Waals surface area contributed by atoms with Crippen LogP contribution in [0.15, 0.2) is 4.99 Å². The van der Waals surface area contributed by atoms with Gasteiger partial charge in [0.2, 0.25) is 0 Å². The molecule has 3 heteroatoms. The first-order valence-electron chi connectivity index (χ1n) is 7.04. The summed E-state index contributed by atoms with van der Waals surface area (Å²) in [7, 11) is 1.80. The molecule has 0 spiro atoms. The van der Waals surface area contributed by atoms with Crippen LogP contribution in [0.2, 0.25) is 0 Å². The number of methoxy groups -OCH3 is 1. The largest absolute Gasteiger partial charge is 0.369 e. The highest BCUT2D eigenvalue weighted by atomic mass is 16.5. The molecule has 0 N–H and O–H groups in total. The summed E-state index contributed by atoms with van der Waals surface area (Å²) in [5.74, 6) is 2.57. The van der Waals surface area contributed by atoms with Gasteiger partial charge in [-0.2, -0.15) is 0 Å². The fourth-order valence-electron chi connectivity index (χ4n) is 3.99. The van der Waals surface area contributed by atoms with Crippen molar-refractivity contribution in [2.24, 2.45) is 22.7 Å². The minimum atomic E-state index is 0.578. The molecule has 1 saturated carbocycles. The van der Waals surface area contributed by atoms with Gasteiger partial charge in [0.25, 0.3) is 0 Å². The van der Waals surface area contributed by atoms with Crippen LogP contribution < -0.4 is 0 Å². The van der Waals surface area contributed by atoms with E-state index in [1.807, 2.05) is 0 Å². The van der Waals surface area contributed by atoms with Crippen LogP contribution in [0.1, 0.15) is 32.6 Å². The van der Waals surface area contributed by atoms with Crippen molar-refractivity contribution in [3.8, 4) is 0 Å². The Kier molecular flexibility index (Phi) is 3.22. The fourth-order valence-corrected chi connectivity index (χ4v) is 3.99. The molecule has 2 heterocycles. The molecule has 3 rings (SSSR count). The third-order valence-corrected chi connectivity index (χ3v) is 4.81. The summed E-state index contributed by atoms with van der Waals surface area (Å²) in [6.07, 6.45) is 5.33. The van der Waals surface area contributed by atoms with E-state index >= 15 is 0 Å². The van der Waals surface area contributed by atoms with E-state index in [1.165, 1.54) is 38.8 Å². The van der Waals surface area contributed by atoms with Crippen LogP contribution in [0.3, 0.4) is 0 Å². The lowest BCUT2D eigenvalue weighted by Crippen LogP contribution is -2.34. The van der Waals surface area contributed by atoms with Crippen LogP contribution in [-0.2, 0) is 4.74 Å². The van der Waals surface area contributed by atoms with Gasteiger partial charge in [0.1, 0.15) is 0 Å². The Hall–Kier alpha value is -0.410. The van der Waals surface area contributed by atoms with Gasteiger partial charge in [-0.15, -0.1) is 0 Å². The summed E-state index contributed by atoms with van der Waals surface area (Å²) in [6, 6.07) is 0.578. The third-order valence-electron chi connectivity index (χ3n) is 4.81. The molecule has 0 radical (unpaired) electrons. The number of likely N-dealkylation sites (tertiary alicyclic amines) is 1. The maximum absolute atomic E-state index is 5.26. The van der Waals surface area contributed by atoms with Crippen molar-refractivity contribution in [3.05, 3.63) is 0 Å². The maximum atomic E-state index is 5.26. The summed E-state index contributed by atoms with van der Waals surface area (Å²) >= 11 is 0. The van der Waals surface area contributed by atoms with E-state index in [1.54, 1.807) is 12.8 Å².